The third kappa shape index (κ3) is 5.43. The number of hydrogen-bond donors (Lipinski definition) is 2. The Hall–Kier alpha value is -2.13. The third-order valence-electron chi connectivity index (χ3n) is 5.48. The minimum atomic E-state index is 0.0866. The van der Waals surface area contributed by atoms with Gasteiger partial charge in [0.1, 0.15) is 0 Å². The van der Waals surface area contributed by atoms with Crippen LogP contribution in [0.2, 0.25) is 0 Å². The Bertz CT molecular complexity index is 697. The van der Waals surface area contributed by atoms with Crippen LogP contribution in [0.5, 0.6) is 0 Å². The molecular formula is C24H33N2O+. The molecule has 1 saturated heterocycles. The number of benzene rings is 2. The quantitative estimate of drug-likeness (QED) is 0.835. The van der Waals surface area contributed by atoms with Gasteiger partial charge in [-0.3, -0.25) is 4.79 Å². The summed E-state index contributed by atoms with van der Waals surface area (Å²) >= 11 is 0. The van der Waals surface area contributed by atoms with Crippen LogP contribution in [0.1, 0.15) is 64.0 Å². The van der Waals surface area contributed by atoms with Gasteiger partial charge in [0.2, 0.25) is 5.91 Å². The molecule has 3 nitrogen and oxygen atoms in total. The molecule has 1 aliphatic heterocycles. The molecule has 0 aliphatic carbocycles. The highest BCUT2D eigenvalue weighted by atomic mass is 16.1. The molecule has 0 aromatic heterocycles. The number of nitrogens with one attached hydrogen (secondary N) is 1. The van der Waals surface area contributed by atoms with Crippen LogP contribution in [0, 0.1) is 0 Å². The summed E-state index contributed by atoms with van der Waals surface area (Å²) in [5, 5.41) is 5.79. The molecule has 0 saturated carbocycles. The van der Waals surface area contributed by atoms with Crippen molar-refractivity contribution in [1.82, 2.24) is 5.32 Å². The summed E-state index contributed by atoms with van der Waals surface area (Å²) in [5.41, 5.74) is 2.68. The number of hydrogen-bond acceptors (Lipinski definition) is 1. The molecule has 1 fully saturated rings. The lowest BCUT2D eigenvalue weighted by atomic mass is 9.79. The SMILES string of the molecule is CC1(C)CC(NC(=O)CC(c2ccccc2)c2ccccc2)CC(C)(C)[NH2+]1. The van der Waals surface area contributed by atoms with Crippen LogP contribution in [0.25, 0.3) is 0 Å². The van der Waals surface area contributed by atoms with Gasteiger partial charge in [-0.1, -0.05) is 60.7 Å². The van der Waals surface area contributed by atoms with Crippen LogP contribution in [-0.2, 0) is 4.79 Å². The van der Waals surface area contributed by atoms with Crippen molar-refractivity contribution in [2.75, 3.05) is 0 Å². The Morgan fingerprint density at radius 3 is 1.81 bits per heavy atom. The fraction of sp³-hybridized carbons (Fsp3) is 0.458. The molecule has 0 atom stereocenters. The van der Waals surface area contributed by atoms with Crippen molar-refractivity contribution in [3.8, 4) is 0 Å². The van der Waals surface area contributed by atoms with Crippen LogP contribution in [0.4, 0.5) is 0 Å². The predicted molar refractivity (Wildman–Crippen MR) is 111 cm³/mol. The second kappa shape index (κ2) is 7.85. The Balaban J connectivity index is 1.74. The average Bonchev–Trinajstić information content (AvgIpc) is 2.58. The average molecular weight is 366 g/mol. The first-order valence-corrected chi connectivity index (χ1v) is 10.0. The minimum Gasteiger partial charge on any atom is -0.353 e. The zero-order valence-electron chi connectivity index (χ0n) is 17.0. The van der Waals surface area contributed by atoms with Gasteiger partial charge in [-0.15, -0.1) is 0 Å². The summed E-state index contributed by atoms with van der Waals surface area (Å²) in [6.07, 6.45) is 2.49. The molecule has 3 rings (SSSR count). The highest BCUT2D eigenvalue weighted by Crippen LogP contribution is 2.28. The van der Waals surface area contributed by atoms with Crippen molar-refractivity contribution >= 4 is 5.91 Å². The molecule has 3 N–H and O–H groups in total. The smallest absolute Gasteiger partial charge is 0.221 e. The van der Waals surface area contributed by atoms with E-state index in [9.17, 15) is 4.79 Å². The van der Waals surface area contributed by atoms with Crippen molar-refractivity contribution in [1.29, 1.82) is 0 Å². The van der Waals surface area contributed by atoms with Crippen LogP contribution in [-0.4, -0.2) is 23.0 Å². The summed E-state index contributed by atoms with van der Waals surface area (Å²) in [4.78, 5) is 13.0. The Morgan fingerprint density at radius 1 is 0.926 bits per heavy atom. The van der Waals surface area contributed by atoms with Gasteiger partial charge in [0.05, 0.1) is 11.1 Å². The third-order valence-corrected chi connectivity index (χ3v) is 5.48. The van der Waals surface area contributed by atoms with Gasteiger partial charge in [-0.05, 0) is 38.8 Å². The molecule has 0 bridgehead atoms. The van der Waals surface area contributed by atoms with Crippen LogP contribution in [0.3, 0.4) is 0 Å². The monoisotopic (exact) mass is 365 g/mol. The topological polar surface area (TPSA) is 45.7 Å². The molecule has 1 heterocycles. The molecule has 0 unspecified atom stereocenters. The number of amides is 1. The first-order valence-electron chi connectivity index (χ1n) is 10.0. The van der Waals surface area contributed by atoms with Gasteiger partial charge in [0, 0.05) is 31.2 Å². The standard InChI is InChI=1S/C24H32N2O/c1-23(2)16-20(17-24(3,4)26-23)25-22(27)15-21(18-11-7-5-8-12-18)19-13-9-6-10-14-19/h5-14,20-21,26H,15-17H2,1-4H3,(H,25,27)/p+1. The Morgan fingerprint density at radius 2 is 1.37 bits per heavy atom. The first-order chi connectivity index (χ1) is 12.7. The first kappa shape index (κ1) is 19.6. The zero-order chi connectivity index (χ0) is 19.5. The lowest BCUT2D eigenvalue weighted by Crippen LogP contribution is -3.06. The zero-order valence-corrected chi connectivity index (χ0v) is 17.0. The summed E-state index contributed by atoms with van der Waals surface area (Å²) in [5.74, 6) is 0.231. The lowest BCUT2D eigenvalue weighted by Gasteiger charge is -2.43. The highest BCUT2D eigenvalue weighted by Gasteiger charge is 2.42. The second-order valence-corrected chi connectivity index (χ2v) is 9.37. The fourth-order valence-electron chi connectivity index (χ4n) is 4.89. The van der Waals surface area contributed by atoms with E-state index in [0.29, 0.717) is 6.42 Å². The van der Waals surface area contributed by atoms with E-state index in [1.165, 1.54) is 11.1 Å². The Labute approximate surface area is 163 Å². The van der Waals surface area contributed by atoms with Gasteiger partial charge in [0.25, 0.3) is 0 Å². The fourth-order valence-corrected chi connectivity index (χ4v) is 4.89. The maximum Gasteiger partial charge on any atom is 0.221 e. The molecule has 2 aromatic rings. The minimum absolute atomic E-state index is 0.0866. The van der Waals surface area contributed by atoms with Crippen molar-refractivity contribution in [3.05, 3.63) is 71.8 Å². The summed E-state index contributed by atoms with van der Waals surface area (Å²) in [6, 6.07) is 20.9. The van der Waals surface area contributed by atoms with Crippen LogP contribution in [0.15, 0.2) is 60.7 Å². The molecule has 0 spiro atoms. The van der Waals surface area contributed by atoms with Crippen LogP contribution < -0.4 is 10.6 Å². The van der Waals surface area contributed by atoms with Crippen molar-refractivity contribution in [3.63, 3.8) is 0 Å². The Kier molecular flexibility index (Phi) is 5.71. The molecule has 1 amide bonds. The predicted octanol–water partition coefficient (Wildman–Crippen LogP) is 3.61. The number of carbonyl (C=O) groups is 1. The van der Waals surface area contributed by atoms with Gasteiger partial charge in [-0.25, -0.2) is 0 Å². The number of rotatable bonds is 5. The van der Waals surface area contributed by atoms with Crippen molar-refractivity contribution < 1.29 is 10.1 Å². The van der Waals surface area contributed by atoms with Gasteiger partial charge in [0.15, 0.2) is 0 Å². The van der Waals surface area contributed by atoms with Crippen LogP contribution >= 0.6 is 0 Å². The molecule has 2 aromatic carbocycles. The summed E-state index contributed by atoms with van der Waals surface area (Å²) in [6.45, 7) is 9.07. The highest BCUT2D eigenvalue weighted by molar-refractivity contribution is 5.78. The van der Waals surface area contributed by atoms with E-state index in [-0.39, 0.29) is 28.9 Å². The molecule has 144 valence electrons. The lowest BCUT2D eigenvalue weighted by molar-refractivity contribution is -0.787. The molecule has 27 heavy (non-hydrogen) atoms. The maximum absolute atomic E-state index is 13.0. The molecule has 0 radical (unpaired) electrons. The van der Waals surface area contributed by atoms with E-state index in [0.717, 1.165) is 12.8 Å². The second-order valence-electron chi connectivity index (χ2n) is 9.37. The van der Waals surface area contributed by atoms with Gasteiger partial charge < -0.3 is 10.6 Å². The largest absolute Gasteiger partial charge is 0.353 e. The summed E-state index contributed by atoms with van der Waals surface area (Å²) in [7, 11) is 0. The maximum atomic E-state index is 13.0. The van der Waals surface area contributed by atoms with Gasteiger partial charge in [-0.2, -0.15) is 0 Å². The van der Waals surface area contributed by atoms with Crippen molar-refractivity contribution in [2.24, 2.45) is 0 Å². The van der Waals surface area contributed by atoms with Gasteiger partial charge >= 0.3 is 0 Å². The number of nitrogens with two attached hydrogens (primary N) is 1. The van der Waals surface area contributed by atoms with Crippen molar-refractivity contribution in [2.45, 2.75) is 70.0 Å². The van der Waals surface area contributed by atoms with E-state index >= 15 is 0 Å². The van der Waals surface area contributed by atoms with E-state index in [4.69, 9.17) is 0 Å². The number of carbonyl (C=O) groups excluding carboxylic acids is 1. The normalized spacial score (nSPS) is 19.0. The number of quaternary nitrogens is 1. The molecule has 1 aliphatic rings. The summed E-state index contributed by atoms with van der Waals surface area (Å²) < 4.78 is 0. The van der Waals surface area contributed by atoms with E-state index in [2.05, 4.69) is 62.6 Å². The number of piperidine rings is 1. The molecular weight excluding hydrogens is 332 g/mol. The van der Waals surface area contributed by atoms with E-state index in [1.54, 1.807) is 0 Å². The van der Waals surface area contributed by atoms with E-state index < -0.39 is 0 Å². The molecule has 3 heteroatoms. The van der Waals surface area contributed by atoms with E-state index in [1.807, 2.05) is 36.4 Å².